The average Bonchev–Trinajstić information content (AvgIpc) is 2.30. The molecule has 2 unspecified atom stereocenters. The van der Waals surface area contributed by atoms with Gasteiger partial charge in [-0.2, -0.15) is 0 Å². The normalized spacial score (nSPS) is 25.5. The largest absolute Gasteiger partial charge is 0.332 e. The Balaban J connectivity index is 2.20. The zero-order chi connectivity index (χ0) is 11.5. The third-order valence-corrected chi connectivity index (χ3v) is 3.31. The van der Waals surface area contributed by atoms with E-state index < -0.39 is 0 Å². The lowest BCUT2D eigenvalue weighted by atomic mass is 9.97. The van der Waals surface area contributed by atoms with Gasteiger partial charge >= 0.3 is 0 Å². The molecule has 0 N–H and O–H groups in total. The van der Waals surface area contributed by atoms with Crippen molar-refractivity contribution in [3.63, 3.8) is 0 Å². The first-order chi connectivity index (χ1) is 7.70. The molecule has 0 aromatic carbocycles. The fraction of sp³-hybridized carbons (Fsp3) is 0.538. The topological polar surface area (TPSA) is 33.2 Å². The first-order valence-corrected chi connectivity index (χ1v) is 5.94. The van der Waals surface area contributed by atoms with Gasteiger partial charge in [0.15, 0.2) is 0 Å². The Morgan fingerprint density at radius 2 is 2.00 bits per heavy atom. The maximum Gasteiger partial charge on any atom is 0.272 e. The molecule has 2 heterocycles. The lowest BCUT2D eigenvalue weighted by Gasteiger charge is -2.38. The number of rotatable bonds is 1. The van der Waals surface area contributed by atoms with E-state index in [0.717, 1.165) is 12.8 Å². The number of nitrogens with zero attached hydrogens (tertiary/aromatic N) is 2. The van der Waals surface area contributed by atoms with Gasteiger partial charge in [-0.15, -0.1) is 0 Å². The van der Waals surface area contributed by atoms with Crippen LogP contribution in [-0.2, 0) is 0 Å². The summed E-state index contributed by atoms with van der Waals surface area (Å²) in [5.74, 6) is 0.0697. The Bertz CT molecular complexity index is 353. The number of carbonyl (C=O) groups excluding carboxylic acids is 1. The minimum absolute atomic E-state index is 0.0697. The number of amides is 1. The Kier molecular flexibility index (Phi) is 3.22. The highest BCUT2D eigenvalue weighted by molar-refractivity contribution is 5.92. The third kappa shape index (κ3) is 2.08. The van der Waals surface area contributed by atoms with Crippen LogP contribution in [0.15, 0.2) is 24.4 Å². The summed E-state index contributed by atoms with van der Waals surface area (Å²) in [6.07, 6.45) is 5.09. The fourth-order valence-corrected chi connectivity index (χ4v) is 2.44. The summed E-state index contributed by atoms with van der Waals surface area (Å²) in [7, 11) is 0. The summed E-state index contributed by atoms with van der Waals surface area (Å²) in [6.45, 7) is 4.24. The molecule has 1 aromatic heterocycles. The number of carbonyl (C=O) groups is 1. The van der Waals surface area contributed by atoms with Crippen molar-refractivity contribution in [3.8, 4) is 0 Å². The SMILES string of the molecule is CC1CCCC(C)N1C(=O)c1ccccn1. The van der Waals surface area contributed by atoms with Crippen molar-refractivity contribution in [2.75, 3.05) is 0 Å². The minimum atomic E-state index is 0.0697. The maximum absolute atomic E-state index is 12.3. The molecule has 3 heteroatoms. The molecule has 0 bridgehead atoms. The molecule has 0 saturated carbocycles. The average molecular weight is 218 g/mol. The zero-order valence-electron chi connectivity index (χ0n) is 9.89. The van der Waals surface area contributed by atoms with Crippen LogP contribution in [0.25, 0.3) is 0 Å². The molecule has 0 spiro atoms. The van der Waals surface area contributed by atoms with Gasteiger partial charge in [-0.3, -0.25) is 9.78 Å². The number of piperidine rings is 1. The first kappa shape index (κ1) is 11.1. The maximum atomic E-state index is 12.3. The molecule has 1 fully saturated rings. The molecule has 1 aliphatic heterocycles. The summed E-state index contributed by atoms with van der Waals surface area (Å²) in [5, 5.41) is 0. The molecule has 1 saturated heterocycles. The van der Waals surface area contributed by atoms with Gasteiger partial charge in [-0.05, 0) is 45.2 Å². The molecule has 1 aromatic rings. The molecule has 86 valence electrons. The molecule has 2 rings (SSSR count). The molecule has 0 radical (unpaired) electrons. The van der Waals surface area contributed by atoms with Crippen LogP contribution < -0.4 is 0 Å². The zero-order valence-corrected chi connectivity index (χ0v) is 9.89. The highest BCUT2D eigenvalue weighted by Gasteiger charge is 2.29. The smallest absolute Gasteiger partial charge is 0.272 e. The Morgan fingerprint density at radius 1 is 1.31 bits per heavy atom. The molecule has 0 aliphatic carbocycles. The van der Waals surface area contributed by atoms with Crippen molar-refractivity contribution in [1.82, 2.24) is 9.88 Å². The van der Waals surface area contributed by atoms with Crippen molar-refractivity contribution in [2.45, 2.75) is 45.2 Å². The van der Waals surface area contributed by atoms with Crippen LogP contribution >= 0.6 is 0 Å². The van der Waals surface area contributed by atoms with E-state index in [9.17, 15) is 4.79 Å². The van der Waals surface area contributed by atoms with E-state index in [0.29, 0.717) is 17.8 Å². The van der Waals surface area contributed by atoms with Crippen LogP contribution in [0.2, 0.25) is 0 Å². The van der Waals surface area contributed by atoms with Crippen LogP contribution in [0.4, 0.5) is 0 Å². The summed E-state index contributed by atoms with van der Waals surface area (Å²) < 4.78 is 0. The number of likely N-dealkylation sites (tertiary alicyclic amines) is 1. The van der Waals surface area contributed by atoms with E-state index in [1.54, 1.807) is 12.3 Å². The van der Waals surface area contributed by atoms with Crippen LogP contribution in [0.5, 0.6) is 0 Å². The second kappa shape index (κ2) is 4.64. The predicted octanol–water partition coefficient (Wildman–Crippen LogP) is 2.48. The Morgan fingerprint density at radius 3 is 2.56 bits per heavy atom. The van der Waals surface area contributed by atoms with Gasteiger partial charge in [0, 0.05) is 18.3 Å². The van der Waals surface area contributed by atoms with Gasteiger partial charge in [0.2, 0.25) is 0 Å². The van der Waals surface area contributed by atoms with Crippen LogP contribution in [0, 0.1) is 0 Å². The van der Waals surface area contributed by atoms with Gasteiger partial charge in [0.25, 0.3) is 5.91 Å². The van der Waals surface area contributed by atoms with Gasteiger partial charge < -0.3 is 4.90 Å². The Hall–Kier alpha value is -1.38. The van der Waals surface area contributed by atoms with Gasteiger partial charge in [-0.1, -0.05) is 6.07 Å². The van der Waals surface area contributed by atoms with Gasteiger partial charge in [0.05, 0.1) is 0 Å². The van der Waals surface area contributed by atoms with Crippen molar-refractivity contribution in [1.29, 1.82) is 0 Å². The lowest BCUT2D eigenvalue weighted by Crippen LogP contribution is -2.47. The summed E-state index contributed by atoms with van der Waals surface area (Å²) >= 11 is 0. The second-order valence-electron chi connectivity index (χ2n) is 4.56. The summed E-state index contributed by atoms with van der Waals surface area (Å²) in [4.78, 5) is 18.4. The minimum Gasteiger partial charge on any atom is -0.332 e. The van der Waals surface area contributed by atoms with Gasteiger partial charge in [0.1, 0.15) is 5.69 Å². The standard InChI is InChI=1S/C13H18N2O/c1-10-6-5-7-11(2)15(10)13(16)12-8-3-4-9-14-12/h3-4,8-11H,5-7H2,1-2H3. The first-order valence-electron chi connectivity index (χ1n) is 5.94. The highest BCUT2D eigenvalue weighted by atomic mass is 16.2. The van der Waals surface area contributed by atoms with E-state index >= 15 is 0 Å². The van der Waals surface area contributed by atoms with Crippen LogP contribution in [0.1, 0.15) is 43.6 Å². The highest BCUT2D eigenvalue weighted by Crippen LogP contribution is 2.23. The van der Waals surface area contributed by atoms with E-state index in [1.165, 1.54) is 6.42 Å². The molecule has 2 atom stereocenters. The number of pyridine rings is 1. The van der Waals surface area contributed by atoms with Crippen LogP contribution in [-0.4, -0.2) is 27.9 Å². The molecular formula is C13H18N2O. The number of hydrogen-bond acceptors (Lipinski definition) is 2. The Labute approximate surface area is 96.5 Å². The monoisotopic (exact) mass is 218 g/mol. The number of aromatic nitrogens is 1. The summed E-state index contributed by atoms with van der Waals surface area (Å²) in [5.41, 5.74) is 0.558. The second-order valence-corrected chi connectivity index (χ2v) is 4.56. The quantitative estimate of drug-likeness (QED) is 0.725. The van der Waals surface area contributed by atoms with Crippen molar-refractivity contribution in [2.24, 2.45) is 0 Å². The van der Waals surface area contributed by atoms with E-state index in [1.807, 2.05) is 17.0 Å². The molecule has 1 amide bonds. The van der Waals surface area contributed by atoms with Crippen molar-refractivity contribution in [3.05, 3.63) is 30.1 Å². The van der Waals surface area contributed by atoms with Crippen molar-refractivity contribution >= 4 is 5.91 Å². The van der Waals surface area contributed by atoms with Crippen molar-refractivity contribution < 1.29 is 4.79 Å². The predicted molar refractivity (Wildman–Crippen MR) is 63.2 cm³/mol. The van der Waals surface area contributed by atoms with E-state index in [-0.39, 0.29) is 5.91 Å². The number of hydrogen-bond donors (Lipinski definition) is 0. The van der Waals surface area contributed by atoms with E-state index in [2.05, 4.69) is 18.8 Å². The fourth-order valence-electron chi connectivity index (χ4n) is 2.44. The molecular weight excluding hydrogens is 200 g/mol. The molecule has 16 heavy (non-hydrogen) atoms. The summed E-state index contributed by atoms with van der Waals surface area (Å²) in [6, 6.07) is 6.15. The van der Waals surface area contributed by atoms with Crippen LogP contribution in [0.3, 0.4) is 0 Å². The third-order valence-electron chi connectivity index (χ3n) is 3.31. The lowest BCUT2D eigenvalue weighted by molar-refractivity contribution is 0.0504. The molecule has 3 nitrogen and oxygen atoms in total. The van der Waals surface area contributed by atoms with E-state index in [4.69, 9.17) is 0 Å². The van der Waals surface area contributed by atoms with Gasteiger partial charge in [-0.25, -0.2) is 0 Å². The molecule has 1 aliphatic rings.